The summed E-state index contributed by atoms with van der Waals surface area (Å²) < 4.78 is 0. The Kier molecular flexibility index (Phi) is 3.72. The van der Waals surface area contributed by atoms with Crippen LogP contribution < -0.4 is 5.32 Å². The van der Waals surface area contributed by atoms with Gasteiger partial charge in [-0.2, -0.15) is 0 Å². The van der Waals surface area contributed by atoms with Crippen LogP contribution in [0.5, 0.6) is 0 Å². The summed E-state index contributed by atoms with van der Waals surface area (Å²) in [6.07, 6.45) is 1.36. The van der Waals surface area contributed by atoms with Crippen LogP contribution >= 0.6 is 23.2 Å². The van der Waals surface area contributed by atoms with E-state index in [1.165, 1.54) is 12.3 Å². The van der Waals surface area contributed by atoms with Gasteiger partial charge in [0.05, 0.1) is 10.6 Å². The molecule has 0 aromatic carbocycles. The largest absolute Gasteiger partial charge is 0.350 e. The normalized spacial score (nSPS) is 10.4. The highest BCUT2D eigenvalue weighted by Gasteiger charge is 2.11. The Morgan fingerprint density at radius 3 is 2.64 bits per heavy atom. The van der Waals surface area contributed by atoms with Gasteiger partial charge in [-0.25, -0.2) is 4.98 Å². The first-order valence-corrected chi connectivity index (χ1v) is 4.88. The average Bonchev–Trinajstić information content (AvgIpc) is 2.01. The molecule has 0 atom stereocenters. The average molecular weight is 233 g/mol. The van der Waals surface area contributed by atoms with Gasteiger partial charge in [0.1, 0.15) is 5.15 Å². The molecule has 5 heteroatoms. The van der Waals surface area contributed by atoms with Gasteiger partial charge < -0.3 is 5.32 Å². The smallest absolute Gasteiger partial charge is 0.254 e. The van der Waals surface area contributed by atoms with Crippen LogP contribution in [0.3, 0.4) is 0 Å². The SMILES string of the molecule is CC(C)NC(=O)c1cnc(Cl)cc1Cl. The van der Waals surface area contributed by atoms with Crippen molar-refractivity contribution in [3.63, 3.8) is 0 Å². The fraction of sp³-hybridized carbons (Fsp3) is 0.333. The number of aromatic nitrogens is 1. The van der Waals surface area contributed by atoms with Gasteiger partial charge in [-0.3, -0.25) is 4.79 Å². The molecular formula is C9H10Cl2N2O. The lowest BCUT2D eigenvalue weighted by molar-refractivity contribution is 0.0943. The van der Waals surface area contributed by atoms with E-state index in [0.29, 0.717) is 10.6 Å². The zero-order valence-corrected chi connectivity index (χ0v) is 9.36. The van der Waals surface area contributed by atoms with Crippen LogP contribution in [0.1, 0.15) is 24.2 Å². The Morgan fingerprint density at radius 2 is 2.14 bits per heavy atom. The van der Waals surface area contributed by atoms with E-state index in [9.17, 15) is 4.79 Å². The van der Waals surface area contributed by atoms with Crippen LogP contribution in [0.15, 0.2) is 12.3 Å². The third kappa shape index (κ3) is 2.86. The van der Waals surface area contributed by atoms with Crippen molar-refractivity contribution in [3.8, 4) is 0 Å². The summed E-state index contributed by atoms with van der Waals surface area (Å²) in [5.74, 6) is -0.242. The second kappa shape index (κ2) is 4.62. The van der Waals surface area contributed by atoms with Crippen molar-refractivity contribution in [1.29, 1.82) is 0 Å². The zero-order valence-electron chi connectivity index (χ0n) is 7.84. The Bertz CT molecular complexity index is 353. The van der Waals surface area contributed by atoms with E-state index in [1.807, 2.05) is 13.8 Å². The fourth-order valence-electron chi connectivity index (χ4n) is 0.914. The molecule has 1 aromatic heterocycles. The molecule has 1 N–H and O–H groups in total. The van der Waals surface area contributed by atoms with Crippen LogP contribution in [-0.2, 0) is 0 Å². The molecule has 3 nitrogen and oxygen atoms in total. The minimum absolute atomic E-state index is 0.0641. The topological polar surface area (TPSA) is 42.0 Å². The van der Waals surface area contributed by atoms with Crippen molar-refractivity contribution >= 4 is 29.1 Å². The monoisotopic (exact) mass is 232 g/mol. The van der Waals surface area contributed by atoms with Gasteiger partial charge in [-0.05, 0) is 19.9 Å². The summed E-state index contributed by atoms with van der Waals surface area (Å²) in [6, 6.07) is 1.51. The maximum absolute atomic E-state index is 11.5. The molecule has 0 unspecified atom stereocenters. The van der Waals surface area contributed by atoms with Crippen molar-refractivity contribution in [1.82, 2.24) is 10.3 Å². The summed E-state index contributed by atoms with van der Waals surface area (Å²) in [7, 11) is 0. The van der Waals surface area contributed by atoms with E-state index in [-0.39, 0.29) is 17.1 Å². The van der Waals surface area contributed by atoms with Crippen LogP contribution in [0, 0.1) is 0 Å². The molecule has 0 aliphatic heterocycles. The second-order valence-electron chi connectivity index (χ2n) is 3.12. The maximum atomic E-state index is 11.5. The van der Waals surface area contributed by atoms with Crippen LogP contribution in [0.2, 0.25) is 10.2 Å². The van der Waals surface area contributed by atoms with Crippen molar-refractivity contribution in [2.45, 2.75) is 19.9 Å². The van der Waals surface area contributed by atoms with Crippen LogP contribution in [0.25, 0.3) is 0 Å². The highest BCUT2D eigenvalue weighted by Crippen LogP contribution is 2.18. The lowest BCUT2D eigenvalue weighted by atomic mass is 10.2. The third-order valence-corrected chi connectivity index (χ3v) is 2.00. The number of rotatable bonds is 2. The van der Waals surface area contributed by atoms with Gasteiger partial charge in [-0.1, -0.05) is 23.2 Å². The van der Waals surface area contributed by atoms with Crippen molar-refractivity contribution in [2.24, 2.45) is 0 Å². The molecule has 0 radical (unpaired) electrons. The zero-order chi connectivity index (χ0) is 10.7. The number of halogens is 2. The van der Waals surface area contributed by atoms with E-state index in [0.717, 1.165) is 0 Å². The van der Waals surface area contributed by atoms with Crippen molar-refractivity contribution < 1.29 is 4.79 Å². The summed E-state index contributed by atoms with van der Waals surface area (Å²) >= 11 is 11.4. The van der Waals surface area contributed by atoms with Gasteiger partial charge in [0, 0.05) is 12.2 Å². The predicted octanol–water partition coefficient (Wildman–Crippen LogP) is 2.53. The van der Waals surface area contributed by atoms with E-state index in [1.54, 1.807) is 0 Å². The number of nitrogens with zero attached hydrogens (tertiary/aromatic N) is 1. The number of hydrogen-bond acceptors (Lipinski definition) is 2. The first kappa shape index (κ1) is 11.3. The number of carbonyl (C=O) groups is 1. The highest BCUT2D eigenvalue weighted by atomic mass is 35.5. The van der Waals surface area contributed by atoms with E-state index in [2.05, 4.69) is 10.3 Å². The molecule has 0 bridgehead atoms. The molecule has 1 heterocycles. The van der Waals surface area contributed by atoms with Crippen molar-refractivity contribution in [2.75, 3.05) is 0 Å². The molecular weight excluding hydrogens is 223 g/mol. The Morgan fingerprint density at radius 1 is 1.50 bits per heavy atom. The lowest BCUT2D eigenvalue weighted by Gasteiger charge is -2.08. The fourth-order valence-corrected chi connectivity index (χ4v) is 1.37. The second-order valence-corrected chi connectivity index (χ2v) is 3.91. The third-order valence-electron chi connectivity index (χ3n) is 1.48. The first-order chi connectivity index (χ1) is 6.50. The van der Waals surface area contributed by atoms with Gasteiger partial charge in [-0.15, -0.1) is 0 Å². The molecule has 14 heavy (non-hydrogen) atoms. The summed E-state index contributed by atoms with van der Waals surface area (Å²) in [5, 5.41) is 3.30. The first-order valence-electron chi connectivity index (χ1n) is 4.12. The number of amides is 1. The molecule has 0 aliphatic carbocycles. The number of carbonyl (C=O) groups excluding carboxylic acids is 1. The quantitative estimate of drug-likeness (QED) is 0.797. The Hall–Kier alpha value is -0.800. The molecule has 0 saturated heterocycles. The molecule has 0 aliphatic rings. The molecule has 1 rings (SSSR count). The molecule has 1 amide bonds. The molecule has 76 valence electrons. The Balaban J connectivity index is 2.90. The highest BCUT2D eigenvalue weighted by molar-refractivity contribution is 6.36. The van der Waals surface area contributed by atoms with Gasteiger partial charge in [0.15, 0.2) is 0 Å². The van der Waals surface area contributed by atoms with E-state index >= 15 is 0 Å². The minimum Gasteiger partial charge on any atom is -0.350 e. The summed E-state index contributed by atoms with van der Waals surface area (Å²) in [6.45, 7) is 3.74. The van der Waals surface area contributed by atoms with Crippen molar-refractivity contribution in [3.05, 3.63) is 28.0 Å². The number of hydrogen-bond donors (Lipinski definition) is 1. The lowest BCUT2D eigenvalue weighted by Crippen LogP contribution is -2.30. The molecule has 0 saturated carbocycles. The van der Waals surface area contributed by atoms with Gasteiger partial charge >= 0.3 is 0 Å². The predicted molar refractivity (Wildman–Crippen MR) is 56.9 cm³/mol. The van der Waals surface area contributed by atoms with Gasteiger partial charge in [0.25, 0.3) is 5.91 Å². The Labute approximate surface area is 92.4 Å². The summed E-state index contributed by atoms with van der Waals surface area (Å²) in [5.41, 5.74) is 0.338. The van der Waals surface area contributed by atoms with Crippen LogP contribution in [0.4, 0.5) is 0 Å². The summed E-state index contributed by atoms with van der Waals surface area (Å²) in [4.78, 5) is 15.3. The molecule has 0 spiro atoms. The van der Waals surface area contributed by atoms with E-state index in [4.69, 9.17) is 23.2 Å². The van der Waals surface area contributed by atoms with Gasteiger partial charge in [0.2, 0.25) is 0 Å². The number of nitrogens with one attached hydrogen (secondary N) is 1. The molecule has 1 aromatic rings. The maximum Gasteiger partial charge on any atom is 0.254 e. The molecule has 0 fully saturated rings. The standard InChI is InChI=1S/C9H10Cl2N2O/c1-5(2)13-9(14)6-4-12-8(11)3-7(6)10/h3-5H,1-2H3,(H,13,14). The number of pyridine rings is 1. The van der Waals surface area contributed by atoms with E-state index < -0.39 is 0 Å². The minimum atomic E-state index is -0.242. The van der Waals surface area contributed by atoms with Crippen LogP contribution in [-0.4, -0.2) is 16.9 Å².